The maximum Gasteiger partial charge on any atom is 0.122 e. The highest BCUT2D eigenvalue weighted by molar-refractivity contribution is 5.40. The van der Waals surface area contributed by atoms with Crippen LogP contribution in [0.25, 0.3) is 0 Å². The Labute approximate surface area is 129 Å². The fraction of sp³-hybridized carbons (Fsp3) is 0.684. The second kappa shape index (κ2) is 6.39. The topological polar surface area (TPSA) is 21.3 Å². The summed E-state index contributed by atoms with van der Waals surface area (Å²) in [4.78, 5) is 0. The second-order valence-corrected chi connectivity index (χ2v) is 7.06. The van der Waals surface area contributed by atoms with Crippen molar-refractivity contribution in [3.8, 4) is 5.75 Å². The normalized spacial score (nSPS) is 29.8. The van der Waals surface area contributed by atoms with Crippen molar-refractivity contribution in [2.45, 2.75) is 65.0 Å². The van der Waals surface area contributed by atoms with Crippen LogP contribution in [0.1, 0.15) is 63.6 Å². The van der Waals surface area contributed by atoms with E-state index < -0.39 is 0 Å². The molecular formula is C19H29NO. The molecule has 2 nitrogen and oxygen atoms in total. The summed E-state index contributed by atoms with van der Waals surface area (Å²) in [6.07, 6.45) is 6.24. The van der Waals surface area contributed by atoms with E-state index in [9.17, 15) is 0 Å². The van der Waals surface area contributed by atoms with Crippen LogP contribution in [-0.2, 0) is 6.42 Å². The molecular weight excluding hydrogens is 258 g/mol. The van der Waals surface area contributed by atoms with Crippen molar-refractivity contribution in [2.24, 2.45) is 11.8 Å². The van der Waals surface area contributed by atoms with Gasteiger partial charge in [0.05, 0.1) is 6.61 Å². The highest BCUT2D eigenvalue weighted by Crippen LogP contribution is 2.33. The number of nitrogens with one attached hydrogen (secondary N) is 1. The predicted molar refractivity (Wildman–Crippen MR) is 87.8 cm³/mol. The third-order valence-electron chi connectivity index (χ3n) is 5.56. The van der Waals surface area contributed by atoms with Crippen LogP contribution in [0.5, 0.6) is 5.75 Å². The molecule has 2 heteroatoms. The van der Waals surface area contributed by atoms with Gasteiger partial charge in [0.15, 0.2) is 0 Å². The van der Waals surface area contributed by atoms with E-state index in [0.29, 0.717) is 12.1 Å². The number of benzene rings is 1. The molecule has 1 fully saturated rings. The summed E-state index contributed by atoms with van der Waals surface area (Å²) in [6.45, 7) is 7.95. The zero-order valence-corrected chi connectivity index (χ0v) is 13.7. The lowest BCUT2D eigenvalue weighted by molar-refractivity contribution is 0.214. The highest BCUT2D eigenvalue weighted by atomic mass is 16.5. The molecule has 1 N–H and O–H groups in total. The Morgan fingerprint density at radius 1 is 1.24 bits per heavy atom. The Bertz CT molecular complexity index is 484. The first-order valence-electron chi connectivity index (χ1n) is 8.69. The predicted octanol–water partition coefficient (Wildman–Crippen LogP) is 4.49. The van der Waals surface area contributed by atoms with Gasteiger partial charge in [-0.05, 0) is 54.7 Å². The summed E-state index contributed by atoms with van der Waals surface area (Å²) in [5, 5.41) is 3.92. The van der Waals surface area contributed by atoms with Crippen molar-refractivity contribution >= 4 is 0 Å². The Morgan fingerprint density at radius 3 is 2.86 bits per heavy atom. The lowest BCUT2D eigenvalue weighted by atomic mass is 9.78. The molecule has 2 aliphatic rings. The van der Waals surface area contributed by atoms with E-state index in [0.717, 1.165) is 37.0 Å². The standard InChI is InChI=1S/C19H29NO/c1-4-18(20-17-7-5-13(2)14(3)11-17)15-6-8-19-16(12-15)9-10-21-19/h6,8,12-14,17-18,20H,4-5,7,9-11H2,1-3H3. The number of ether oxygens (including phenoxy) is 1. The molecule has 1 aromatic rings. The zero-order chi connectivity index (χ0) is 14.8. The molecule has 4 unspecified atom stereocenters. The molecule has 0 saturated heterocycles. The summed E-state index contributed by atoms with van der Waals surface area (Å²) >= 11 is 0. The minimum absolute atomic E-state index is 0.488. The van der Waals surface area contributed by atoms with Gasteiger partial charge in [-0.25, -0.2) is 0 Å². The Balaban J connectivity index is 1.68. The maximum absolute atomic E-state index is 5.62. The van der Waals surface area contributed by atoms with Crippen molar-refractivity contribution in [2.75, 3.05) is 6.61 Å². The highest BCUT2D eigenvalue weighted by Gasteiger charge is 2.26. The van der Waals surface area contributed by atoms with Gasteiger partial charge in [-0.15, -0.1) is 0 Å². The minimum Gasteiger partial charge on any atom is -0.493 e. The lowest BCUT2D eigenvalue weighted by Gasteiger charge is -2.35. The van der Waals surface area contributed by atoms with E-state index in [1.54, 1.807) is 0 Å². The van der Waals surface area contributed by atoms with Crippen molar-refractivity contribution in [3.63, 3.8) is 0 Å². The fourth-order valence-corrected chi connectivity index (χ4v) is 3.86. The Hall–Kier alpha value is -1.02. The molecule has 1 saturated carbocycles. The van der Waals surface area contributed by atoms with Gasteiger partial charge in [0.1, 0.15) is 5.75 Å². The quantitative estimate of drug-likeness (QED) is 0.881. The van der Waals surface area contributed by atoms with Gasteiger partial charge in [0.25, 0.3) is 0 Å². The molecule has 0 bridgehead atoms. The van der Waals surface area contributed by atoms with Crippen LogP contribution >= 0.6 is 0 Å². The minimum atomic E-state index is 0.488. The van der Waals surface area contributed by atoms with E-state index >= 15 is 0 Å². The summed E-state index contributed by atoms with van der Waals surface area (Å²) in [7, 11) is 0. The van der Waals surface area contributed by atoms with Crippen molar-refractivity contribution in [3.05, 3.63) is 29.3 Å². The monoisotopic (exact) mass is 287 g/mol. The molecule has 0 amide bonds. The SMILES string of the molecule is CCC(NC1CCC(C)C(C)C1)c1ccc2c(c1)CCO2. The molecule has 0 radical (unpaired) electrons. The van der Waals surface area contributed by atoms with Gasteiger partial charge in [-0.1, -0.05) is 32.9 Å². The molecule has 116 valence electrons. The van der Waals surface area contributed by atoms with E-state index in [-0.39, 0.29) is 0 Å². The second-order valence-electron chi connectivity index (χ2n) is 7.06. The van der Waals surface area contributed by atoms with Crippen LogP contribution in [-0.4, -0.2) is 12.6 Å². The summed E-state index contributed by atoms with van der Waals surface area (Å²) in [6, 6.07) is 7.94. The first-order chi connectivity index (χ1) is 10.2. The third kappa shape index (κ3) is 3.26. The van der Waals surface area contributed by atoms with Crippen LogP contribution < -0.4 is 10.1 Å². The van der Waals surface area contributed by atoms with Crippen LogP contribution in [0.2, 0.25) is 0 Å². The van der Waals surface area contributed by atoms with Crippen molar-refractivity contribution in [1.82, 2.24) is 5.32 Å². The molecule has 1 aromatic carbocycles. The Kier molecular flexibility index (Phi) is 4.54. The summed E-state index contributed by atoms with van der Waals surface area (Å²) in [5.74, 6) is 2.83. The van der Waals surface area contributed by atoms with Gasteiger partial charge < -0.3 is 10.1 Å². The summed E-state index contributed by atoms with van der Waals surface area (Å²) < 4.78 is 5.62. The zero-order valence-electron chi connectivity index (χ0n) is 13.7. The largest absolute Gasteiger partial charge is 0.493 e. The fourth-order valence-electron chi connectivity index (χ4n) is 3.86. The lowest BCUT2D eigenvalue weighted by Crippen LogP contribution is -2.38. The van der Waals surface area contributed by atoms with E-state index in [1.165, 1.54) is 30.4 Å². The number of fused-ring (bicyclic) bond motifs is 1. The molecule has 0 spiro atoms. The van der Waals surface area contributed by atoms with Gasteiger partial charge >= 0.3 is 0 Å². The maximum atomic E-state index is 5.62. The van der Waals surface area contributed by atoms with Crippen molar-refractivity contribution in [1.29, 1.82) is 0 Å². The molecule has 3 rings (SSSR count). The molecule has 1 aliphatic heterocycles. The molecule has 21 heavy (non-hydrogen) atoms. The first kappa shape index (κ1) is 14.9. The van der Waals surface area contributed by atoms with Crippen molar-refractivity contribution < 1.29 is 4.74 Å². The van der Waals surface area contributed by atoms with Crippen LogP contribution in [0.3, 0.4) is 0 Å². The van der Waals surface area contributed by atoms with Gasteiger partial charge in [0, 0.05) is 18.5 Å². The number of rotatable bonds is 4. The van der Waals surface area contributed by atoms with Crippen LogP contribution in [0.15, 0.2) is 18.2 Å². The molecule has 1 aliphatic carbocycles. The first-order valence-corrected chi connectivity index (χ1v) is 8.69. The molecule has 0 aromatic heterocycles. The average molecular weight is 287 g/mol. The molecule has 4 atom stereocenters. The van der Waals surface area contributed by atoms with E-state index in [2.05, 4.69) is 44.3 Å². The number of hydrogen-bond acceptors (Lipinski definition) is 2. The van der Waals surface area contributed by atoms with Gasteiger partial charge in [-0.2, -0.15) is 0 Å². The van der Waals surface area contributed by atoms with Gasteiger partial charge in [0.2, 0.25) is 0 Å². The smallest absolute Gasteiger partial charge is 0.122 e. The van der Waals surface area contributed by atoms with E-state index in [1.807, 2.05) is 0 Å². The molecule has 1 heterocycles. The Morgan fingerprint density at radius 2 is 2.10 bits per heavy atom. The average Bonchev–Trinajstić information content (AvgIpc) is 2.95. The summed E-state index contributed by atoms with van der Waals surface area (Å²) in [5.41, 5.74) is 2.83. The van der Waals surface area contributed by atoms with Crippen LogP contribution in [0.4, 0.5) is 0 Å². The number of hydrogen-bond donors (Lipinski definition) is 1. The van der Waals surface area contributed by atoms with E-state index in [4.69, 9.17) is 4.74 Å². The third-order valence-corrected chi connectivity index (χ3v) is 5.56. The van der Waals surface area contributed by atoms with Gasteiger partial charge in [-0.3, -0.25) is 0 Å². The van der Waals surface area contributed by atoms with Crippen LogP contribution in [0, 0.1) is 11.8 Å².